The Bertz CT molecular complexity index is 793. The van der Waals surface area contributed by atoms with Crippen molar-refractivity contribution in [1.29, 1.82) is 0 Å². The molecule has 1 aromatic heterocycles. The third-order valence-electron chi connectivity index (χ3n) is 3.21. The second-order valence-corrected chi connectivity index (χ2v) is 4.65. The number of carboxylic acids is 1. The predicted octanol–water partition coefficient (Wildman–Crippen LogP) is 3.51. The highest BCUT2D eigenvalue weighted by Crippen LogP contribution is 2.25. The van der Waals surface area contributed by atoms with Crippen molar-refractivity contribution >= 4 is 16.7 Å². The van der Waals surface area contributed by atoms with E-state index < -0.39 is 5.97 Å². The van der Waals surface area contributed by atoms with Gasteiger partial charge in [0, 0.05) is 23.2 Å². The van der Waals surface area contributed by atoms with E-state index in [9.17, 15) is 4.79 Å². The summed E-state index contributed by atoms with van der Waals surface area (Å²) in [5, 5.41) is 11.0. The first-order chi connectivity index (χ1) is 10.2. The van der Waals surface area contributed by atoms with Gasteiger partial charge in [-0.05, 0) is 29.8 Å². The zero-order valence-corrected chi connectivity index (χ0v) is 11.2. The van der Waals surface area contributed by atoms with Crippen molar-refractivity contribution in [3.8, 4) is 5.75 Å². The molecule has 21 heavy (non-hydrogen) atoms. The van der Waals surface area contributed by atoms with Gasteiger partial charge in [-0.3, -0.25) is 4.98 Å². The quantitative estimate of drug-likeness (QED) is 0.794. The highest BCUT2D eigenvalue weighted by Gasteiger charge is 2.05. The fourth-order valence-electron chi connectivity index (χ4n) is 2.17. The Hall–Kier alpha value is -2.88. The lowest BCUT2D eigenvalue weighted by Gasteiger charge is -2.09. The fraction of sp³-hybridized carbons (Fsp3) is 0.0588. The number of hydrogen-bond donors (Lipinski definition) is 1. The second-order valence-electron chi connectivity index (χ2n) is 4.65. The van der Waals surface area contributed by atoms with Crippen molar-refractivity contribution in [1.82, 2.24) is 4.98 Å². The van der Waals surface area contributed by atoms with Gasteiger partial charge < -0.3 is 9.84 Å². The van der Waals surface area contributed by atoms with Crippen LogP contribution in [0.5, 0.6) is 5.75 Å². The Morgan fingerprint density at radius 1 is 1.14 bits per heavy atom. The number of nitrogens with zero attached hydrogens (tertiary/aromatic N) is 1. The Morgan fingerprint density at radius 2 is 2.00 bits per heavy atom. The third kappa shape index (κ3) is 2.84. The van der Waals surface area contributed by atoms with Crippen molar-refractivity contribution in [2.75, 3.05) is 0 Å². The summed E-state index contributed by atoms with van der Waals surface area (Å²) in [7, 11) is 0. The number of aromatic nitrogens is 1. The normalized spacial score (nSPS) is 10.5. The van der Waals surface area contributed by atoms with Gasteiger partial charge in [0.25, 0.3) is 0 Å². The molecule has 1 heterocycles. The molecule has 0 aliphatic carbocycles. The van der Waals surface area contributed by atoms with Crippen LogP contribution in [0, 0.1) is 0 Å². The van der Waals surface area contributed by atoms with Gasteiger partial charge in [0.15, 0.2) is 0 Å². The van der Waals surface area contributed by atoms with Crippen molar-refractivity contribution in [3.05, 3.63) is 72.1 Å². The van der Waals surface area contributed by atoms with E-state index >= 15 is 0 Å². The molecular formula is C17H13NO3. The highest BCUT2D eigenvalue weighted by atomic mass is 16.5. The van der Waals surface area contributed by atoms with Crippen LogP contribution in [0.4, 0.5) is 0 Å². The van der Waals surface area contributed by atoms with E-state index in [2.05, 4.69) is 4.98 Å². The Kier molecular flexibility index (Phi) is 3.51. The summed E-state index contributed by atoms with van der Waals surface area (Å²) in [4.78, 5) is 15.0. The van der Waals surface area contributed by atoms with Crippen LogP contribution in [0.25, 0.3) is 10.8 Å². The maximum atomic E-state index is 11.0. The molecule has 104 valence electrons. The molecule has 0 radical (unpaired) electrons. The Labute approximate surface area is 121 Å². The number of rotatable bonds is 4. The second kappa shape index (κ2) is 5.63. The number of fused-ring (bicyclic) bond motifs is 1. The number of carboxylic acid groups (broad SMARTS) is 1. The largest absolute Gasteiger partial charge is 0.488 e. The molecule has 0 saturated carbocycles. The monoisotopic (exact) mass is 279 g/mol. The maximum absolute atomic E-state index is 11.0. The standard InChI is InChI=1S/C17H13NO3/c19-17(20)13-4-1-3-12(9-13)11-21-16-6-2-5-14-10-18-8-7-15(14)16/h1-10H,11H2,(H,19,20). The van der Waals surface area contributed by atoms with E-state index in [1.54, 1.807) is 30.6 Å². The molecule has 0 aliphatic rings. The Balaban J connectivity index is 1.84. The van der Waals surface area contributed by atoms with E-state index in [4.69, 9.17) is 9.84 Å². The molecule has 0 unspecified atom stereocenters. The van der Waals surface area contributed by atoms with Gasteiger partial charge in [0.05, 0.1) is 5.56 Å². The molecule has 0 atom stereocenters. The van der Waals surface area contributed by atoms with Gasteiger partial charge in [-0.1, -0.05) is 24.3 Å². The number of pyridine rings is 1. The summed E-state index contributed by atoms with van der Waals surface area (Å²) in [5.41, 5.74) is 1.08. The van der Waals surface area contributed by atoms with Gasteiger partial charge in [-0.2, -0.15) is 0 Å². The highest BCUT2D eigenvalue weighted by molar-refractivity contribution is 5.88. The number of ether oxygens (including phenoxy) is 1. The maximum Gasteiger partial charge on any atom is 0.335 e. The summed E-state index contributed by atoms with van der Waals surface area (Å²) in [6.07, 6.45) is 3.51. The van der Waals surface area contributed by atoms with Gasteiger partial charge in [-0.15, -0.1) is 0 Å². The molecule has 4 heteroatoms. The average molecular weight is 279 g/mol. The van der Waals surface area contributed by atoms with Crippen molar-refractivity contribution in [2.45, 2.75) is 6.61 Å². The van der Waals surface area contributed by atoms with E-state index in [0.717, 1.165) is 22.1 Å². The molecule has 1 N–H and O–H groups in total. The molecule has 4 nitrogen and oxygen atoms in total. The average Bonchev–Trinajstić information content (AvgIpc) is 2.53. The zero-order valence-electron chi connectivity index (χ0n) is 11.2. The summed E-state index contributed by atoms with van der Waals surface area (Å²) < 4.78 is 5.82. The molecule has 0 amide bonds. The molecule has 0 fully saturated rings. The molecule has 0 spiro atoms. The molecule has 3 aromatic rings. The summed E-state index contributed by atoms with van der Waals surface area (Å²) in [6.45, 7) is 0.322. The topological polar surface area (TPSA) is 59.4 Å². The van der Waals surface area contributed by atoms with E-state index in [1.165, 1.54) is 0 Å². The van der Waals surface area contributed by atoms with E-state index in [1.807, 2.05) is 30.3 Å². The minimum Gasteiger partial charge on any atom is -0.488 e. The summed E-state index contributed by atoms with van der Waals surface area (Å²) >= 11 is 0. The minimum atomic E-state index is -0.937. The number of carbonyl (C=O) groups is 1. The van der Waals surface area contributed by atoms with Crippen molar-refractivity contribution < 1.29 is 14.6 Å². The number of benzene rings is 2. The lowest BCUT2D eigenvalue weighted by molar-refractivity contribution is 0.0696. The van der Waals surface area contributed by atoms with Crippen LogP contribution in [-0.4, -0.2) is 16.1 Å². The SMILES string of the molecule is O=C(O)c1cccc(COc2cccc3cnccc23)c1. The van der Waals surface area contributed by atoms with Crippen LogP contribution in [-0.2, 0) is 6.61 Å². The zero-order chi connectivity index (χ0) is 14.7. The first kappa shape index (κ1) is 13.1. The molecule has 2 aromatic carbocycles. The molecule has 0 aliphatic heterocycles. The summed E-state index contributed by atoms with van der Waals surface area (Å²) in [5.74, 6) is -0.177. The minimum absolute atomic E-state index is 0.262. The van der Waals surface area contributed by atoms with Crippen LogP contribution in [0.2, 0.25) is 0 Å². The smallest absolute Gasteiger partial charge is 0.335 e. The van der Waals surface area contributed by atoms with Crippen LogP contribution < -0.4 is 4.74 Å². The van der Waals surface area contributed by atoms with E-state index in [-0.39, 0.29) is 5.56 Å². The summed E-state index contributed by atoms with van der Waals surface area (Å²) in [6, 6.07) is 14.4. The van der Waals surface area contributed by atoms with Gasteiger partial charge >= 0.3 is 5.97 Å². The Morgan fingerprint density at radius 3 is 2.86 bits per heavy atom. The molecule has 3 rings (SSSR count). The third-order valence-corrected chi connectivity index (χ3v) is 3.21. The van der Waals surface area contributed by atoms with Crippen LogP contribution in [0.15, 0.2) is 60.9 Å². The van der Waals surface area contributed by atoms with Crippen LogP contribution >= 0.6 is 0 Å². The van der Waals surface area contributed by atoms with Crippen molar-refractivity contribution in [3.63, 3.8) is 0 Å². The lowest BCUT2D eigenvalue weighted by atomic mass is 10.1. The van der Waals surface area contributed by atoms with Crippen molar-refractivity contribution in [2.24, 2.45) is 0 Å². The van der Waals surface area contributed by atoms with Crippen LogP contribution in [0.1, 0.15) is 15.9 Å². The number of aromatic carboxylic acids is 1. The van der Waals surface area contributed by atoms with Gasteiger partial charge in [-0.25, -0.2) is 4.79 Å². The van der Waals surface area contributed by atoms with Gasteiger partial charge in [0.2, 0.25) is 0 Å². The molecular weight excluding hydrogens is 266 g/mol. The van der Waals surface area contributed by atoms with Gasteiger partial charge in [0.1, 0.15) is 12.4 Å². The number of hydrogen-bond acceptors (Lipinski definition) is 3. The lowest BCUT2D eigenvalue weighted by Crippen LogP contribution is -2.00. The fourth-order valence-corrected chi connectivity index (χ4v) is 2.17. The van der Waals surface area contributed by atoms with E-state index in [0.29, 0.717) is 6.61 Å². The molecule has 0 bridgehead atoms. The molecule has 0 saturated heterocycles. The predicted molar refractivity (Wildman–Crippen MR) is 79.5 cm³/mol. The first-order valence-corrected chi connectivity index (χ1v) is 6.52. The first-order valence-electron chi connectivity index (χ1n) is 6.52. The van der Waals surface area contributed by atoms with Crippen LogP contribution in [0.3, 0.4) is 0 Å².